The summed E-state index contributed by atoms with van der Waals surface area (Å²) in [5.74, 6) is -3.27. The number of alkyl halides is 3. The van der Waals surface area contributed by atoms with Gasteiger partial charge < -0.3 is 10.2 Å². The highest BCUT2D eigenvalue weighted by Crippen LogP contribution is 2.52. The fraction of sp³-hybridized carbons (Fsp3) is 0.773. The van der Waals surface area contributed by atoms with Gasteiger partial charge in [-0.3, -0.25) is 14.4 Å². The molecule has 0 aromatic rings. The maximum Gasteiger partial charge on any atom is 0.425 e. The second kappa shape index (κ2) is 8.00. The second-order valence-corrected chi connectivity index (χ2v) is 9.64. The van der Waals surface area contributed by atoms with Crippen LogP contribution in [0.15, 0.2) is 11.3 Å². The number of Topliss-reactive ketones (excluding diaryl/α,β-unsaturated/α-hetero) is 1. The van der Waals surface area contributed by atoms with Gasteiger partial charge in [0.05, 0.1) is 5.57 Å². The van der Waals surface area contributed by atoms with Crippen molar-refractivity contribution in [1.29, 1.82) is 0 Å². The first-order valence-corrected chi connectivity index (χ1v) is 10.9. The van der Waals surface area contributed by atoms with Gasteiger partial charge >= 0.3 is 6.18 Å². The molecule has 0 aromatic carbocycles. The van der Waals surface area contributed by atoms with Crippen molar-refractivity contribution in [2.24, 2.45) is 11.3 Å². The Hall–Kier alpha value is -1.86. The molecule has 8 heteroatoms. The number of hydrogen-bond acceptors (Lipinski definition) is 3. The van der Waals surface area contributed by atoms with Crippen LogP contribution in [0.1, 0.15) is 78.6 Å². The standard InChI is InChI=1S/C22H31F3N2O3/c1-4-5-11-27-15-12-20(2,3)13-16(28)17(15)21(19(27)30,22(23,24)25)26-18(29)14-9-7-6-8-10-14/h14H,4-13H2,1-3H3,(H,26,29)/t21-/m0/s1. The zero-order valence-electron chi connectivity index (χ0n) is 18.0. The number of nitrogens with zero attached hydrogens (tertiary/aromatic N) is 1. The van der Waals surface area contributed by atoms with Crippen LogP contribution in [0.25, 0.3) is 0 Å². The molecule has 2 amide bonds. The fourth-order valence-corrected chi connectivity index (χ4v) is 5.03. The van der Waals surface area contributed by atoms with E-state index >= 15 is 0 Å². The lowest BCUT2D eigenvalue weighted by Crippen LogP contribution is -2.67. The van der Waals surface area contributed by atoms with Crippen molar-refractivity contribution in [3.8, 4) is 0 Å². The molecule has 0 radical (unpaired) electrons. The lowest BCUT2D eigenvalue weighted by Gasteiger charge is -2.36. The highest BCUT2D eigenvalue weighted by Gasteiger charge is 2.71. The molecule has 3 rings (SSSR count). The molecule has 2 aliphatic carbocycles. The molecule has 30 heavy (non-hydrogen) atoms. The summed E-state index contributed by atoms with van der Waals surface area (Å²) in [5.41, 5.74) is -4.23. The Bertz CT molecular complexity index is 766. The average molecular weight is 428 g/mol. The van der Waals surface area contributed by atoms with Gasteiger partial charge in [-0.15, -0.1) is 0 Å². The molecule has 0 bridgehead atoms. The molecule has 1 fully saturated rings. The summed E-state index contributed by atoms with van der Waals surface area (Å²) in [4.78, 5) is 40.3. The average Bonchev–Trinajstić information content (AvgIpc) is 2.88. The van der Waals surface area contributed by atoms with Crippen LogP contribution in [0.5, 0.6) is 0 Å². The number of halogens is 3. The normalized spacial score (nSPS) is 27.5. The molecule has 1 saturated carbocycles. The van der Waals surface area contributed by atoms with Crippen molar-refractivity contribution in [2.45, 2.75) is 90.3 Å². The minimum Gasteiger partial charge on any atom is -0.330 e. The van der Waals surface area contributed by atoms with Crippen LogP contribution in [0.4, 0.5) is 13.2 Å². The van der Waals surface area contributed by atoms with Gasteiger partial charge in [-0.2, -0.15) is 13.2 Å². The molecular weight excluding hydrogens is 397 g/mol. The first-order valence-electron chi connectivity index (χ1n) is 10.9. The number of hydrogen-bond donors (Lipinski definition) is 1. The molecule has 0 spiro atoms. The smallest absolute Gasteiger partial charge is 0.330 e. The van der Waals surface area contributed by atoms with Crippen molar-refractivity contribution < 1.29 is 27.6 Å². The van der Waals surface area contributed by atoms with E-state index in [1.165, 1.54) is 0 Å². The van der Waals surface area contributed by atoms with Crippen molar-refractivity contribution >= 4 is 17.6 Å². The van der Waals surface area contributed by atoms with Gasteiger partial charge in [-0.1, -0.05) is 46.5 Å². The monoisotopic (exact) mass is 428 g/mol. The molecule has 0 unspecified atom stereocenters. The number of carbonyl (C=O) groups is 3. The van der Waals surface area contributed by atoms with E-state index < -0.39 is 46.2 Å². The molecule has 0 aromatic heterocycles. The molecule has 168 valence electrons. The van der Waals surface area contributed by atoms with Gasteiger partial charge in [-0.25, -0.2) is 0 Å². The van der Waals surface area contributed by atoms with Crippen LogP contribution in [-0.4, -0.2) is 40.8 Å². The molecular formula is C22H31F3N2O3. The molecule has 1 heterocycles. The number of amides is 2. The van der Waals surface area contributed by atoms with Crippen LogP contribution in [-0.2, 0) is 14.4 Å². The van der Waals surface area contributed by atoms with Crippen LogP contribution in [0.2, 0.25) is 0 Å². The largest absolute Gasteiger partial charge is 0.425 e. The Balaban J connectivity index is 2.10. The summed E-state index contributed by atoms with van der Waals surface area (Å²) in [7, 11) is 0. The lowest BCUT2D eigenvalue weighted by atomic mass is 9.72. The van der Waals surface area contributed by atoms with Gasteiger partial charge in [0.15, 0.2) is 5.78 Å². The van der Waals surface area contributed by atoms with Crippen LogP contribution < -0.4 is 5.32 Å². The first-order chi connectivity index (χ1) is 13.9. The van der Waals surface area contributed by atoms with E-state index in [9.17, 15) is 27.6 Å². The number of allylic oxidation sites excluding steroid dienone is 1. The quantitative estimate of drug-likeness (QED) is 0.711. The molecule has 1 atom stereocenters. The van der Waals surface area contributed by atoms with Crippen LogP contribution >= 0.6 is 0 Å². The number of carbonyl (C=O) groups excluding carboxylic acids is 3. The Labute approximate surface area is 175 Å². The summed E-state index contributed by atoms with van der Waals surface area (Å²) in [5, 5.41) is 2.08. The predicted octanol–water partition coefficient (Wildman–Crippen LogP) is 4.27. The Morgan fingerprint density at radius 1 is 1.13 bits per heavy atom. The fourth-order valence-electron chi connectivity index (χ4n) is 5.03. The minimum absolute atomic E-state index is 0.0855. The van der Waals surface area contributed by atoms with E-state index in [0.717, 1.165) is 24.2 Å². The molecule has 3 aliphatic rings. The van der Waals surface area contributed by atoms with E-state index in [1.807, 2.05) is 20.8 Å². The number of ketones is 1. The van der Waals surface area contributed by atoms with Gasteiger partial charge in [0.25, 0.3) is 5.91 Å². The van der Waals surface area contributed by atoms with Gasteiger partial charge in [0.1, 0.15) is 0 Å². The molecule has 5 nitrogen and oxygen atoms in total. The third-order valence-electron chi connectivity index (χ3n) is 6.57. The summed E-state index contributed by atoms with van der Waals surface area (Å²) < 4.78 is 43.7. The minimum atomic E-state index is -5.10. The van der Waals surface area contributed by atoms with E-state index in [0.29, 0.717) is 25.7 Å². The van der Waals surface area contributed by atoms with Gasteiger partial charge in [0, 0.05) is 24.6 Å². The van der Waals surface area contributed by atoms with E-state index in [1.54, 1.807) is 0 Å². The van der Waals surface area contributed by atoms with Crippen molar-refractivity contribution in [1.82, 2.24) is 10.2 Å². The maximum absolute atomic E-state index is 14.6. The van der Waals surface area contributed by atoms with Crippen LogP contribution in [0.3, 0.4) is 0 Å². The Morgan fingerprint density at radius 3 is 2.33 bits per heavy atom. The second-order valence-electron chi connectivity index (χ2n) is 9.64. The predicted molar refractivity (Wildman–Crippen MR) is 105 cm³/mol. The van der Waals surface area contributed by atoms with Crippen molar-refractivity contribution in [2.75, 3.05) is 6.54 Å². The Morgan fingerprint density at radius 2 is 1.77 bits per heavy atom. The van der Waals surface area contributed by atoms with Gasteiger partial charge in [0.2, 0.25) is 11.4 Å². The summed E-state index contributed by atoms with van der Waals surface area (Å²) in [6.45, 7) is 5.61. The molecule has 1 N–H and O–H groups in total. The topological polar surface area (TPSA) is 66.5 Å². The zero-order valence-corrected chi connectivity index (χ0v) is 18.0. The van der Waals surface area contributed by atoms with Crippen molar-refractivity contribution in [3.63, 3.8) is 0 Å². The lowest BCUT2D eigenvalue weighted by molar-refractivity contribution is -0.195. The number of nitrogens with one attached hydrogen (secondary N) is 1. The van der Waals surface area contributed by atoms with E-state index in [-0.39, 0.29) is 25.1 Å². The van der Waals surface area contributed by atoms with Crippen molar-refractivity contribution in [3.05, 3.63) is 11.3 Å². The number of unbranched alkanes of at least 4 members (excludes halogenated alkanes) is 1. The first kappa shape index (κ1) is 22.8. The van der Waals surface area contributed by atoms with E-state index in [2.05, 4.69) is 5.32 Å². The zero-order chi connectivity index (χ0) is 22.3. The van der Waals surface area contributed by atoms with Crippen LogP contribution in [0, 0.1) is 11.3 Å². The third kappa shape index (κ3) is 3.78. The van der Waals surface area contributed by atoms with E-state index in [4.69, 9.17) is 0 Å². The highest BCUT2D eigenvalue weighted by atomic mass is 19.4. The third-order valence-corrected chi connectivity index (χ3v) is 6.57. The summed E-state index contributed by atoms with van der Waals surface area (Å²) >= 11 is 0. The highest BCUT2D eigenvalue weighted by molar-refractivity contribution is 6.13. The SMILES string of the molecule is CCCCN1C(=O)[C@](NC(=O)C2CCCCC2)(C(F)(F)F)C2=C1CC(C)(C)CC2=O. The maximum atomic E-state index is 14.6. The van der Waals surface area contributed by atoms with Gasteiger partial charge in [-0.05, 0) is 31.1 Å². The molecule has 1 aliphatic heterocycles. The summed E-state index contributed by atoms with van der Waals surface area (Å²) in [6, 6.07) is 0. The number of rotatable bonds is 5. The molecule has 0 saturated heterocycles. The Kier molecular flexibility index (Phi) is 6.09. The summed E-state index contributed by atoms with van der Waals surface area (Å²) in [6.07, 6.45) is -0.296.